The van der Waals surface area contributed by atoms with E-state index >= 15 is 0 Å². The molecule has 1 aromatic heterocycles. The Kier molecular flexibility index (Phi) is 5.84. The molecule has 1 saturated carbocycles. The number of aromatic hydroxyl groups is 1. The van der Waals surface area contributed by atoms with Crippen LogP contribution in [-0.4, -0.2) is 11.2 Å². The fourth-order valence-corrected chi connectivity index (χ4v) is 3.30. The molecule has 1 heterocycles. The van der Waals surface area contributed by atoms with E-state index in [-0.39, 0.29) is 11.9 Å². The topological polar surface area (TPSA) is 42.6 Å². The lowest BCUT2D eigenvalue weighted by Crippen LogP contribution is -2.11. The number of hydrogen-bond donors (Lipinski definition) is 1. The van der Waals surface area contributed by atoms with E-state index in [0.717, 1.165) is 43.6 Å². The summed E-state index contributed by atoms with van der Waals surface area (Å²) < 4.78 is 11.9. The van der Waals surface area contributed by atoms with Gasteiger partial charge in [-0.25, -0.2) is 0 Å². The first-order valence-electron chi connectivity index (χ1n) is 9.30. The summed E-state index contributed by atoms with van der Waals surface area (Å²) in [5, 5.41) is 10.0. The number of ether oxygens (including phenoxy) is 1. The SMILES string of the molecule is CCCCc1ccc(CCc2ccc(O)c(OC3CCCC3)c2)o1. The van der Waals surface area contributed by atoms with Gasteiger partial charge in [0.2, 0.25) is 0 Å². The van der Waals surface area contributed by atoms with Crippen LogP contribution in [0.25, 0.3) is 0 Å². The first-order chi connectivity index (χ1) is 11.7. The Labute approximate surface area is 144 Å². The van der Waals surface area contributed by atoms with E-state index in [9.17, 15) is 5.11 Å². The number of unbranched alkanes of at least 4 members (excludes halogenated alkanes) is 1. The summed E-state index contributed by atoms with van der Waals surface area (Å²) in [6, 6.07) is 9.87. The summed E-state index contributed by atoms with van der Waals surface area (Å²) >= 11 is 0. The van der Waals surface area contributed by atoms with Crippen LogP contribution in [-0.2, 0) is 19.3 Å². The lowest BCUT2D eigenvalue weighted by molar-refractivity contribution is 0.201. The molecule has 3 rings (SSSR count). The summed E-state index contributed by atoms with van der Waals surface area (Å²) in [6.45, 7) is 2.19. The molecule has 130 valence electrons. The average Bonchev–Trinajstić information content (AvgIpc) is 3.25. The largest absolute Gasteiger partial charge is 0.504 e. The fourth-order valence-electron chi connectivity index (χ4n) is 3.30. The lowest BCUT2D eigenvalue weighted by atomic mass is 10.1. The third kappa shape index (κ3) is 4.56. The number of hydrogen-bond acceptors (Lipinski definition) is 3. The summed E-state index contributed by atoms with van der Waals surface area (Å²) in [4.78, 5) is 0. The zero-order chi connectivity index (χ0) is 16.8. The highest BCUT2D eigenvalue weighted by Crippen LogP contribution is 2.32. The number of phenols is 1. The molecular weight excluding hydrogens is 300 g/mol. The van der Waals surface area contributed by atoms with Crippen molar-refractivity contribution in [3.63, 3.8) is 0 Å². The van der Waals surface area contributed by atoms with Gasteiger partial charge in [-0.1, -0.05) is 19.4 Å². The first-order valence-corrected chi connectivity index (χ1v) is 9.30. The van der Waals surface area contributed by atoms with Crippen molar-refractivity contribution < 1.29 is 14.3 Å². The molecule has 0 radical (unpaired) electrons. The van der Waals surface area contributed by atoms with E-state index in [2.05, 4.69) is 19.1 Å². The molecule has 0 amide bonds. The highest BCUT2D eigenvalue weighted by molar-refractivity contribution is 5.42. The number of benzene rings is 1. The zero-order valence-electron chi connectivity index (χ0n) is 14.6. The van der Waals surface area contributed by atoms with Crippen molar-refractivity contribution in [2.45, 2.75) is 70.8 Å². The molecule has 0 spiro atoms. The summed E-state index contributed by atoms with van der Waals surface area (Å²) in [7, 11) is 0. The van der Waals surface area contributed by atoms with Gasteiger partial charge >= 0.3 is 0 Å². The van der Waals surface area contributed by atoms with E-state index in [0.29, 0.717) is 5.75 Å². The number of rotatable bonds is 8. The van der Waals surface area contributed by atoms with Crippen LogP contribution in [0.3, 0.4) is 0 Å². The van der Waals surface area contributed by atoms with Crippen LogP contribution in [0.1, 0.15) is 62.5 Å². The molecule has 1 fully saturated rings. The molecule has 1 N–H and O–H groups in total. The molecule has 1 aromatic carbocycles. The van der Waals surface area contributed by atoms with Crippen molar-refractivity contribution in [1.82, 2.24) is 0 Å². The molecule has 1 aliphatic rings. The Morgan fingerprint density at radius 1 is 1.04 bits per heavy atom. The average molecular weight is 328 g/mol. The molecular formula is C21H28O3. The van der Waals surface area contributed by atoms with Crippen molar-refractivity contribution in [1.29, 1.82) is 0 Å². The van der Waals surface area contributed by atoms with E-state index in [1.807, 2.05) is 12.1 Å². The number of phenolic OH excluding ortho intramolecular Hbond substituents is 1. The minimum atomic E-state index is 0.241. The monoisotopic (exact) mass is 328 g/mol. The lowest BCUT2D eigenvalue weighted by Gasteiger charge is -2.15. The third-order valence-corrected chi connectivity index (χ3v) is 4.77. The smallest absolute Gasteiger partial charge is 0.161 e. The molecule has 24 heavy (non-hydrogen) atoms. The van der Waals surface area contributed by atoms with E-state index < -0.39 is 0 Å². The van der Waals surface area contributed by atoms with E-state index in [1.54, 1.807) is 6.07 Å². The van der Waals surface area contributed by atoms with Gasteiger partial charge in [0.1, 0.15) is 11.5 Å². The van der Waals surface area contributed by atoms with Crippen LogP contribution >= 0.6 is 0 Å². The Bertz CT molecular complexity index is 638. The summed E-state index contributed by atoms with van der Waals surface area (Å²) in [5.74, 6) is 2.99. The van der Waals surface area contributed by atoms with Crippen LogP contribution < -0.4 is 4.74 Å². The second-order valence-electron chi connectivity index (χ2n) is 6.80. The second-order valence-corrected chi connectivity index (χ2v) is 6.80. The second kappa shape index (κ2) is 8.27. The number of furan rings is 1. The molecule has 3 heteroatoms. The third-order valence-electron chi connectivity index (χ3n) is 4.77. The molecule has 0 saturated heterocycles. The molecule has 3 nitrogen and oxygen atoms in total. The van der Waals surface area contributed by atoms with Crippen molar-refractivity contribution in [3.05, 3.63) is 47.4 Å². The zero-order valence-corrected chi connectivity index (χ0v) is 14.6. The first kappa shape index (κ1) is 16.9. The van der Waals surface area contributed by atoms with Gasteiger partial charge < -0.3 is 14.3 Å². The predicted octanol–water partition coefficient (Wildman–Crippen LogP) is 5.43. The van der Waals surface area contributed by atoms with Gasteiger partial charge in [0.15, 0.2) is 11.5 Å². The van der Waals surface area contributed by atoms with Crippen molar-refractivity contribution in [2.75, 3.05) is 0 Å². The van der Waals surface area contributed by atoms with E-state index in [4.69, 9.17) is 9.15 Å². The predicted molar refractivity (Wildman–Crippen MR) is 95.7 cm³/mol. The number of aryl methyl sites for hydroxylation is 3. The van der Waals surface area contributed by atoms with Crippen LogP contribution in [0.15, 0.2) is 34.7 Å². The maximum atomic E-state index is 10.0. The standard InChI is InChI=1S/C21H28O3/c1-2-3-6-18-12-13-19(23-18)11-9-16-10-14-20(22)21(15-16)24-17-7-4-5-8-17/h10,12-15,17,22H,2-9,11H2,1H3. The van der Waals surface area contributed by atoms with Crippen molar-refractivity contribution >= 4 is 0 Å². The quantitative estimate of drug-likeness (QED) is 0.702. The molecule has 0 atom stereocenters. The molecule has 0 aliphatic heterocycles. The molecule has 0 unspecified atom stereocenters. The van der Waals surface area contributed by atoms with Gasteiger partial charge in [0.25, 0.3) is 0 Å². The van der Waals surface area contributed by atoms with Crippen molar-refractivity contribution in [2.24, 2.45) is 0 Å². The maximum absolute atomic E-state index is 10.0. The van der Waals surface area contributed by atoms with Gasteiger partial charge in [0, 0.05) is 12.8 Å². The van der Waals surface area contributed by atoms with E-state index in [1.165, 1.54) is 31.2 Å². The van der Waals surface area contributed by atoms with Crippen LogP contribution in [0.5, 0.6) is 11.5 Å². The Balaban J connectivity index is 1.57. The van der Waals surface area contributed by atoms with Crippen LogP contribution in [0.2, 0.25) is 0 Å². The Hall–Kier alpha value is -1.90. The van der Waals surface area contributed by atoms with Crippen LogP contribution in [0, 0.1) is 0 Å². The highest BCUT2D eigenvalue weighted by Gasteiger charge is 2.18. The molecule has 2 aromatic rings. The van der Waals surface area contributed by atoms with Gasteiger partial charge in [-0.15, -0.1) is 0 Å². The van der Waals surface area contributed by atoms with Gasteiger partial charge in [-0.05, 0) is 68.4 Å². The summed E-state index contributed by atoms with van der Waals surface area (Å²) in [5.41, 5.74) is 1.17. The molecule has 1 aliphatic carbocycles. The van der Waals surface area contributed by atoms with Crippen molar-refractivity contribution in [3.8, 4) is 11.5 Å². The fraction of sp³-hybridized carbons (Fsp3) is 0.524. The van der Waals surface area contributed by atoms with Crippen LogP contribution in [0.4, 0.5) is 0 Å². The van der Waals surface area contributed by atoms with Gasteiger partial charge in [-0.3, -0.25) is 0 Å². The minimum absolute atomic E-state index is 0.241. The molecule has 0 bridgehead atoms. The minimum Gasteiger partial charge on any atom is -0.504 e. The summed E-state index contributed by atoms with van der Waals surface area (Å²) in [6.07, 6.45) is 10.1. The van der Waals surface area contributed by atoms with Gasteiger partial charge in [-0.2, -0.15) is 0 Å². The normalized spacial score (nSPS) is 15.0. The highest BCUT2D eigenvalue weighted by atomic mass is 16.5. The Morgan fingerprint density at radius 2 is 1.79 bits per heavy atom. The Morgan fingerprint density at radius 3 is 2.54 bits per heavy atom. The maximum Gasteiger partial charge on any atom is 0.161 e. The van der Waals surface area contributed by atoms with Gasteiger partial charge in [0.05, 0.1) is 6.10 Å².